The third-order valence-electron chi connectivity index (χ3n) is 6.66. The minimum atomic E-state index is -0.280. The third-order valence-corrected chi connectivity index (χ3v) is 6.66. The zero-order valence-corrected chi connectivity index (χ0v) is 19.6. The fourth-order valence-corrected chi connectivity index (χ4v) is 4.71. The number of nitrogens with zero attached hydrogens (tertiary/aromatic N) is 4. The number of halogens is 1. The third kappa shape index (κ3) is 4.61. The van der Waals surface area contributed by atoms with E-state index in [-0.39, 0.29) is 11.7 Å². The van der Waals surface area contributed by atoms with Gasteiger partial charge in [-0.15, -0.1) is 0 Å². The van der Waals surface area contributed by atoms with E-state index in [1.807, 2.05) is 24.8 Å². The molecular weight excluding hydrogens is 431 g/mol. The Morgan fingerprint density at radius 1 is 1.09 bits per heavy atom. The van der Waals surface area contributed by atoms with E-state index in [2.05, 4.69) is 28.2 Å². The molecule has 2 aliphatic heterocycles. The van der Waals surface area contributed by atoms with Crippen molar-refractivity contribution in [3.05, 3.63) is 82.4 Å². The molecule has 2 aromatic carbocycles. The van der Waals surface area contributed by atoms with Crippen LogP contribution in [0.4, 0.5) is 4.39 Å². The molecule has 7 heteroatoms. The van der Waals surface area contributed by atoms with Crippen molar-refractivity contribution in [1.82, 2.24) is 19.6 Å². The Balaban J connectivity index is 1.19. The van der Waals surface area contributed by atoms with Gasteiger partial charge in [-0.05, 0) is 61.4 Å². The second-order valence-electron chi connectivity index (χ2n) is 8.95. The van der Waals surface area contributed by atoms with Crippen LogP contribution in [0.2, 0.25) is 0 Å². The lowest BCUT2D eigenvalue weighted by molar-refractivity contribution is -0.127. The number of carbonyl (C=O) groups is 1. The number of ether oxygens (including phenoxy) is 1. The number of carbonyl (C=O) groups excluding carboxylic acids is 1. The summed E-state index contributed by atoms with van der Waals surface area (Å²) in [7, 11) is 0. The summed E-state index contributed by atoms with van der Waals surface area (Å²) in [6.07, 6.45) is 4.47. The maximum Gasteiger partial charge on any atom is 0.246 e. The van der Waals surface area contributed by atoms with E-state index in [0.29, 0.717) is 13.1 Å². The Morgan fingerprint density at radius 2 is 1.85 bits per heavy atom. The van der Waals surface area contributed by atoms with Crippen molar-refractivity contribution in [3.8, 4) is 11.4 Å². The first-order valence-corrected chi connectivity index (χ1v) is 11.7. The van der Waals surface area contributed by atoms with Gasteiger partial charge < -0.3 is 9.64 Å². The quantitative estimate of drug-likeness (QED) is 0.542. The average Bonchev–Trinajstić information content (AvgIpc) is 3.42. The number of piperazine rings is 1. The SMILES string of the molecule is Cc1nn(-c2ccc(F)cc2)c(C)c1/C=C/C(=O)N1CCN(Cc2ccc3c(c2)CCO3)CC1. The van der Waals surface area contributed by atoms with E-state index in [0.717, 1.165) is 61.1 Å². The van der Waals surface area contributed by atoms with Gasteiger partial charge in [-0.1, -0.05) is 12.1 Å². The Hall–Kier alpha value is -3.45. The number of hydrogen-bond acceptors (Lipinski definition) is 4. The molecular formula is C27H29FN4O2. The summed E-state index contributed by atoms with van der Waals surface area (Å²) in [6.45, 7) is 8.68. The van der Waals surface area contributed by atoms with Gasteiger partial charge in [0.15, 0.2) is 0 Å². The largest absolute Gasteiger partial charge is 0.493 e. The van der Waals surface area contributed by atoms with E-state index in [9.17, 15) is 9.18 Å². The maximum absolute atomic E-state index is 13.3. The first kappa shape index (κ1) is 22.3. The highest BCUT2D eigenvalue weighted by Gasteiger charge is 2.21. The molecule has 0 spiro atoms. The maximum atomic E-state index is 13.3. The fraction of sp³-hybridized carbons (Fsp3) is 0.333. The number of benzene rings is 2. The van der Waals surface area contributed by atoms with Gasteiger partial charge in [0.1, 0.15) is 11.6 Å². The summed E-state index contributed by atoms with van der Waals surface area (Å²) in [4.78, 5) is 17.1. The van der Waals surface area contributed by atoms with E-state index >= 15 is 0 Å². The van der Waals surface area contributed by atoms with Crippen molar-refractivity contribution >= 4 is 12.0 Å². The topological polar surface area (TPSA) is 50.6 Å². The molecule has 1 fully saturated rings. The Bertz CT molecular complexity index is 1220. The molecule has 34 heavy (non-hydrogen) atoms. The molecule has 3 aromatic rings. The van der Waals surface area contributed by atoms with Gasteiger partial charge >= 0.3 is 0 Å². The van der Waals surface area contributed by atoms with Crippen LogP contribution < -0.4 is 4.74 Å². The highest BCUT2D eigenvalue weighted by molar-refractivity contribution is 5.92. The van der Waals surface area contributed by atoms with Gasteiger partial charge in [0.05, 0.1) is 18.0 Å². The van der Waals surface area contributed by atoms with Crippen LogP contribution in [-0.4, -0.2) is 58.3 Å². The lowest BCUT2D eigenvalue weighted by Gasteiger charge is -2.34. The Kier molecular flexibility index (Phi) is 6.20. The molecule has 2 aliphatic rings. The molecule has 1 amide bonds. The lowest BCUT2D eigenvalue weighted by atomic mass is 10.1. The van der Waals surface area contributed by atoms with Gasteiger partial charge in [0, 0.05) is 56.5 Å². The second kappa shape index (κ2) is 9.43. The standard InChI is InChI=1S/C27H29FN4O2/c1-19-25(20(2)32(29-19)24-6-4-23(28)5-7-24)8-10-27(33)31-14-12-30(13-15-31)18-21-3-9-26-22(17-21)11-16-34-26/h3-10,17H,11-16,18H2,1-2H3/b10-8+. The summed E-state index contributed by atoms with van der Waals surface area (Å²) in [5, 5.41) is 4.58. The van der Waals surface area contributed by atoms with Crippen LogP contribution in [0.25, 0.3) is 11.8 Å². The molecule has 0 aliphatic carbocycles. The van der Waals surface area contributed by atoms with Gasteiger partial charge in [-0.3, -0.25) is 9.69 Å². The molecule has 0 saturated carbocycles. The Labute approximate surface area is 199 Å². The molecule has 0 unspecified atom stereocenters. The number of hydrogen-bond donors (Lipinski definition) is 0. The number of amides is 1. The monoisotopic (exact) mass is 460 g/mol. The minimum Gasteiger partial charge on any atom is -0.493 e. The van der Waals surface area contributed by atoms with E-state index in [1.165, 1.54) is 23.3 Å². The van der Waals surface area contributed by atoms with Crippen molar-refractivity contribution in [3.63, 3.8) is 0 Å². The van der Waals surface area contributed by atoms with Gasteiger partial charge in [-0.25, -0.2) is 9.07 Å². The van der Waals surface area contributed by atoms with Crippen LogP contribution >= 0.6 is 0 Å². The van der Waals surface area contributed by atoms with Crippen LogP contribution in [0.1, 0.15) is 28.1 Å². The Morgan fingerprint density at radius 3 is 2.62 bits per heavy atom. The first-order chi connectivity index (χ1) is 16.5. The second-order valence-corrected chi connectivity index (χ2v) is 8.95. The number of rotatable bonds is 5. The number of aromatic nitrogens is 2. The van der Waals surface area contributed by atoms with Crippen molar-refractivity contribution in [1.29, 1.82) is 0 Å². The number of fused-ring (bicyclic) bond motifs is 1. The van der Waals surface area contributed by atoms with Crippen molar-refractivity contribution < 1.29 is 13.9 Å². The number of aryl methyl sites for hydroxylation is 1. The smallest absolute Gasteiger partial charge is 0.246 e. The summed E-state index contributed by atoms with van der Waals surface area (Å²) in [5.41, 5.74) is 6.04. The predicted octanol–water partition coefficient (Wildman–Crippen LogP) is 3.92. The predicted molar refractivity (Wildman–Crippen MR) is 130 cm³/mol. The molecule has 176 valence electrons. The van der Waals surface area contributed by atoms with Crippen LogP contribution in [0.3, 0.4) is 0 Å². The molecule has 5 rings (SSSR count). The minimum absolute atomic E-state index is 0.0164. The molecule has 0 atom stereocenters. The van der Waals surface area contributed by atoms with Crippen LogP contribution in [0, 0.1) is 19.7 Å². The zero-order valence-electron chi connectivity index (χ0n) is 19.6. The van der Waals surface area contributed by atoms with E-state index < -0.39 is 0 Å². The molecule has 0 bridgehead atoms. The van der Waals surface area contributed by atoms with Crippen molar-refractivity contribution in [2.24, 2.45) is 0 Å². The van der Waals surface area contributed by atoms with Gasteiger partial charge in [0.2, 0.25) is 5.91 Å². The van der Waals surface area contributed by atoms with Crippen molar-refractivity contribution in [2.75, 3.05) is 32.8 Å². The molecule has 0 N–H and O–H groups in total. The highest BCUT2D eigenvalue weighted by atomic mass is 19.1. The zero-order chi connectivity index (χ0) is 23.7. The van der Waals surface area contributed by atoms with E-state index in [1.54, 1.807) is 22.9 Å². The van der Waals surface area contributed by atoms with Crippen LogP contribution in [0.15, 0.2) is 48.5 Å². The molecule has 1 aromatic heterocycles. The van der Waals surface area contributed by atoms with Gasteiger partial charge in [-0.2, -0.15) is 5.10 Å². The summed E-state index contributed by atoms with van der Waals surface area (Å²) < 4.78 is 20.6. The summed E-state index contributed by atoms with van der Waals surface area (Å²) >= 11 is 0. The molecule has 1 saturated heterocycles. The normalized spacial score (nSPS) is 16.1. The first-order valence-electron chi connectivity index (χ1n) is 11.7. The summed E-state index contributed by atoms with van der Waals surface area (Å²) in [5.74, 6) is 0.750. The van der Waals surface area contributed by atoms with Crippen molar-refractivity contribution in [2.45, 2.75) is 26.8 Å². The molecule has 0 radical (unpaired) electrons. The summed E-state index contributed by atoms with van der Waals surface area (Å²) in [6, 6.07) is 12.7. The lowest BCUT2D eigenvalue weighted by Crippen LogP contribution is -2.47. The van der Waals surface area contributed by atoms with Crippen LogP contribution in [-0.2, 0) is 17.8 Å². The van der Waals surface area contributed by atoms with Crippen LogP contribution in [0.5, 0.6) is 5.75 Å². The highest BCUT2D eigenvalue weighted by Crippen LogP contribution is 2.26. The van der Waals surface area contributed by atoms with E-state index in [4.69, 9.17) is 4.74 Å². The molecule has 6 nitrogen and oxygen atoms in total. The fourth-order valence-electron chi connectivity index (χ4n) is 4.71. The molecule has 3 heterocycles. The average molecular weight is 461 g/mol. The van der Waals surface area contributed by atoms with Gasteiger partial charge in [0.25, 0.3) is 0 Å².